The summed E-state index contributed by atoms with van der Waals surface area (Å²) in [6.07, 6.45) is 15.5. The summed E-state index contributed by atoms with van der Waals surface area (Å²) in [5.41, 5.74) is 2.94. The van der Waals surface area contributed by atoms with E-state index in [0.717, 1.165) is 17.1 Å². The zero-order valence-electron chi connectivity index (χ0n) is 13.7. The molecule has 6 heteroatoms. The first-order valence-corrected chi connectivity index (χ1v) is 8.25. The van der Waals surface area contributed by atoms with Crippen molar-refractivity contribution in [3.63, 3.8) is 0 Å². The molecule has 2 aliphatic heterocycles. The van der Waals surface area contributed by atoms with E-state index in [-0.39, 0.29) is 11.3 Å². The third kappa shape index (κ3) is 1.82. The monoisotopic (exact) mass is 331 g/mol. The maximum absolute atomic E-state index is 12.9. The Kier molecular flexibility index (Phi) is 2.67. The highest BCUT2D eigenvalue weighted by atomic mass is 16.1. The van der Waals surface area contributed by atoms with Gasteiger partial charge in [-0.15, -0.1) is 0 Å². The van der Waals surface area contributed by atoms with E-state index in [1.807, 2.05) is 37.6 Å². The highest BCUT2D eigenvalue weighted by Crippen LogP contribution is 2.65. The van der Waals surface area contributed by atoms with Crippen LogP contribution in [-0.2, 0) is 0 Å². The first kappa shape index (κ1) is 14.2. The van der Waals surface area contributed by atoms with E-state index < -0.39 is 0 Å². The minimum absolute atomic E-state index is 0.147. The van der Waals surface area contributed by atoms with Crippen LogP contribution < -0.4 is 10.6 Å². The zero-order valence-corrected chi connectivity index (χ0v) is 13.7. The number of nitrogens with zero attached hydrogens (tertiary/aromatic N) is 3. The Morgan fingerprint density at radius 3 is 3.20 bits per heavy atom. The van der Waals surface area contributed by atoms with Crippen molar-refractivity contribution < 1.29 is 4.79 Å². The molecular formula is C19H17N5O. The number of hydrogen-bond donors (Lipinski definition) is 2. The van der Waals surface area contributed by atoms with Gasteiger partial charge in [-0.25, -0.2) is 4.68 Å². The van der Waals surface area contributed by atoms with Crippen LogP contribution in [0.3, 0.4) is 0 Å². The molecule has 4 aliphatic rings. The fourth-order valence-electron chi connectivity index (χ4n) is 4.10. The van der Waals surface area contributed by atoms with E-state index in [4.69, 9.17) is 0 Å². The summed E-state index contributed by atoms with van der Waals surface area (Å²) in [4.78, 5) is 17.2. The molecular weight excluding hydrogens is 314 g/mol. The van der Waals surface area contributed by atoms with Crippen LogP contribution in [0.2, 0.25) is 0 Å². The van der Waals surface area contributed by atoms with Crippen LogP contribution >= 0.6 is 0 Å². The number of nitrogens with one attached hydrogen (secondary N) is 2. The van der Waals surface area contributed by atoms with Crippen molar-refractivity contribution in [3.8, 4) is 0 Å². The molecule has 3 atom stereocenters. The van der Waals surface area contributed by atoms with E-state index in [1.165, 1.54) is 0 Å². The number of allylic oxidation sites excluding steroid dienone is 6. The van der Waals surface area contributed by atoms with Crippen LogP contribution in [-0.4, -0.2) is 21.9 Å². The third-order valence-corrected chi connectivity index (χ3v) is 5.37. The van der Waals surface area contributed by atoms with Crippen LogP contribution in [0.4, 0.5) is 5.82 Å². The van der Waals surface area contributed by atoms with Gasteiger partial charge in [-0.3, -0.25) is 9.79 Å². The van der Waals surface area contributed by atoms with Crippen molar-refractivity contribution in [1.29, 1.82) is 0 Å². The molecule has 124 valence electrons. The average Bonchev–Trinajstić information content (AvgIpc) is 3.09. The summed E-state index contributed by atoms with van der Waals surface area (Å²) in [6, 6.07) is 0. The maximum Gasteiger partial charge on any atom is 0.260 e. The van der Waals surface area contributed by atoms with E-state index in [9.17, 15) is 4.79 Å². The Labute approximate surface area is 145 Å². The van der Waals surface area contributed by atoms with E-state index >= 15 is 0 Å². The number of rotatable bonds is 2. The Balaban J connectivity index is 1.46. The van der Waals surface area contributed by atoms with Crippen LogP contribution in [0.15, 0.2) is 65.7 Å². The van der Waals surface area contributed by atoms with Crippen molar-refractivity contribution in [1.82, 2.24) is 15.1 Å². The molecule has 0 radical (unpaired) electrons. The number of amides is 1. The predicted octanol–water partition coefficient (Wildman–Crippen LogP) is 2.70. The fraction of sp³-hybridized carbons (Fsp3) is 0.211. The van der Waals surface area contributed by atoms with Crippen molar-refractivity contribution in [2.75, 3.05) is 5.32 Å². The third-order valence-electron chi connectivity index (χ3n) is 5.37. The molecule has 3 heterocycles. The Morgan fingerprint density at radius 2 is 2.32 bits per heavy atom. The van der Waals surface area contributed by atoms with Gasteiger partial charge in [0.15, 0.2) is 0 Å². The molecule has 5 rings (SSSR count). The van der Waals surface area contributed by atoms with Crippen molar-refractivity contribution in [2.45, 2.75) is 6.92 Å². The highest BCUT2D eigenvalue weighted by Gasteiger charge is 2.65. The van der Waals surface area contributed by atoms with E-state index in [1.54, 1.807) is 10.9 Å². The summed E-state index contributed by atoms with van der Waals surface area (Å²) in [5.74, 6) is 1.18. The molecule has 25 heavy (non-hydrogen) atoms. The maximum atomic E-state index is 12.9. The minimum Gasteiger partial charge on any atom is -0.340 e. The lowest BCUT2D eigenvalue weighted by atomic mass is 9.93. The molecule has 0 aromatic carbocycles. The van der Waals surface area contributed by atoms with E-state index in [2.05, 4.69) is 39.5 Å². The summed E-state index contributed by atoms with van der Waals surface area (Å²) in [7, 11) is 0. The number of carbonyl (C=O) groups is 1. The SMILES string of the molecule is C=C1C=C(C)n2ncc(C(=O)NC3=CC=C[C@@H]4C5C=NC=CC354)c2N1. The largest absolute Gasteiger partial charge is 0.340 e. The average molecular weight is 331 g/mol. The molecule has 2 N–H and O–H groups in total. The Morgan fingerprint density at radius 1 is 1.44 bits per heavy atom. The molecule has 0 bridgehead atoms. The molecule has 1 saturated carbocycles. The lowest BCUT2D eigenvalue weighted by Gasteiger charge is -2.22. The van der Waals surface area contributed by atoms with Gasteiger partial charge in [0.2, 0.25) is 0 Å². The number of carbonyl (C=O) groups excluding carboxylic acids is 1. The quantitative estimate of drug-likeness (QED) is 0.875. The van der Waals surface area contributed by atoms with Crippen molar-refractivity contribution in [2.24, 2.45) is 22.2 Å². The molecule has 1 aromatic rings. The van der Waals surface area contributed by atoms with Gasteiger partial charge < -0.3 is 10.6 Å². The second-order valence-corrected chi connectivity index (χ2v) is 6.77. The van der Waals surface area contributed by atoms with Crippen molar-refractivity contribution in [3.05, 3.63) is 66.3 Å². The lowest BCUT2D eigenvalue weighted by Crippen LogP contribution is -2.30. The second kappa shape index (κ2) is 4.69. The Bertz CT molecular complexity index is 968. The zero-order chi connectivity index (χ0) is 17.2. The van der Waals surface area contributed by atoms with Crippen molar-refractivity contribution >= 4 is 23.6 Å². The Hall–Kier alpha value is -3.15. The molecule has 1 aromatic heterocycles. The van der Waals surface area contributed by atoms with E-state index in [0.29, 0.717) is 23.2 Å². The number of fused-ring (bicyclic) bond motifs is 2. The smallest absolute Gasteiger partial charge is 0.260 e. The normalized spacial score (nSPS) is 30.5. The van der Waals surface area contributed by atoms with Crippen LogP contribution in [0, 0.1) is 17.3 Å². The number of aliphatic imine (C=N–C) groups is 1. The molecule has 1 amide bonds. The van der Waals surface area contributed by atoms with Crippen LogP contribution in [0.1, 0.15) is 17.3 Å². The lowest BCUT2D eigenvalue weighted by molar-refractivity contribution is 0.0962. The van der Waals surface area contributed by atoms with Gasteiger partial charge in [-0.1, -0.05) is 24.8 Å². The summed E-state index contributed by atoms with van der Waals surface area (Å²) in [6.45, 7) is 5.86. The van der Waals surface area contributed by atoms with Gasteiger partial charge in [-0.2, -0.15) is 5.10 Å². The molecule has 1 spiro atoms. The van der Waals surface area contributed by atoms with Gasteiger partial charge in [0.25, 0.3) is 5.91 Å². The van der Waals surface area contributed by atoms with Gasteiger partial charge in [-0.05, 0) is 19.1 Å². The highest BCUT2D eigenvalue weighted by molar-refractivity contribution is 6.01. The molecule has 2 unspecified atom stereocenters. The molecule has 0 saturated heterocycles. The van der Waals surface area contributed by atoms with Gasteiger partial charge in [0.1, 0.15) is 11.4 Å². The fourth-order valence-corrected chi connectivity index (χ4v) is 4.10. The number of aromatic nitrogens is 2. The molecule has 1 fully saturated rings. The summed E-state index contributed by atoms with van der Waals surface area (Å²) in [5, 5.41) is 10.5. The predicted molar refractivity (Wildman–Crippen MR) is 96.7 cm³/mol. The topological polar surface area (TPSA) is 71.3 Å². The van der Waals surface area contributed by atoms with Crippen LogP contribution in [0.5, 0.6) is 0 Å². The molecule has 2 aliphatic carbocycles. The van der Waals surface area contributed by atoms with Crippen LogP contribution in [0.25, 0.3) is 5.70 Å². The minimum atomic E-state index is -0.174. The summed E-state index contributed by atoms with van der Waals surface area (Å²) >= 11 is 0. The van der Waals surface area contributed by atoms with Gasteiger partial charge >= 0.3 is 0 Å². The first-order chi connectivity index (χ1) is 12.1. The second-order valence-electron chi connectivity index (χ2n) is 6.77. The standard InChI is InChI=1S/C19H17N5O/c1-11-8-12(2)24-17(22-11)13(9-21-24)18(25)23-16-5-3-4-14-15-10-20-7-6-19(14,15)16/h3-10,14-15,22H,1H2,2H3,(H,23,25)/t14-,15?,19?/m1/s1. The first-order valence-electron chi connectivity index (χ1n) is 8.25. The number of hydrogen-bond acceptors (Lipinski definition) is 4. The van der Waals surface area contributed by atoms with Gasteiger partial charge in [0.05, 0.1) is 6.20 Å². The summed E-state index contributed by atoms with van der Waals surface area (Å²) < 4.78 is 1.72. The number of anilines is 1. The van der Waals surface area contributed by atoms with Gasteiger partial charge in [0, 0.05) is 46.8 Å². The molecule has 6 nitrogen and oxygen atoms in total.